The number of nitrogens with two attached hydrogens (primary N) is 9. The van der Waals surface area contributed by atoms with E-state index in [-0.39, 0.29) is 131 Å². The van der Waals surface area contributed by atoms with E-state index < -0.39 is 0 Å². The van der Waals surface area contributed by atoms with Crippen molar-refractivity contribution in [3.05, 3.63) is 277 Å². The first-order valence-corrected chi connectivity index (χ1v) is 50.6. The number of aliphatic hydroxyl groups excluding tert-OH is 1. The fourth-order valence-corrected chi connectivity index (χ4v) is 16.2. The predicted octanol–water partition coefficient (Wildman–Crippen LogP) is 18.5. The summed E-state index contributed by atoms with van der Waals surface area (Å²) in [7, 11) is 2.06. The van der Waals surface area contributed by atoms with Gasteiger partial charge in [-0.1, -0.05) is 214 Å². The lowest BCUT2D eigenvalue weighted by Gasteiger charge is -2.21. The molecule has 0 saturated carbocycles. The molecule has 0 bridgehead atoms. The van der Waals surface area contributed by atoms with E-state index in [1.54, 1.807) is 31.9 Å². The summed E-state index contributed by atoms with van der Waals surface area (Å²) in [6.45, 7) is 49.0. The molecule has 0 aliphatic heterocycles. The van der Waals surface area contributed by atoms with Crippen molar-refractivity contribution in [2.75, 3.05) is 52.9 Å². The average Bonchev–Trinajstić information content (AvgIpc) is 1.63. The number of aromatic nitrogens is 9. The van der Waals surface area contributed by atoms with Crippen LogP contribution in [-0.4, -0.2) is 143 Å². The molecule has 0 spiro atoms. The number of fused-ring (bicyclic) bond motifs is 3. The highest BCUT2D eigenvalue weighted by Gasteiger charge is 2.27. The highest BCUT2D eigenvalue weighted by molar-refractivity contribution is 6.31. The predicted molar refractivity (Wildman–Crippen MR) is 593 cm³/mol. The van der Waals surface area contributed by atoms with Crippen molar-refractivity contribution in [1.82, 2.24) is 59.1 Å². The number of hydrogen-bond donors (Lipinski definition) is 15. The third-order valence-corrected chi connectivity index (χ3v) is 24.7. The molecule has 12 rings (SSSR count). The van der Waals surface area contributed by atoms with E-state index in [1.165, 1.54) is 5.56 Å². The molecule has 6 aromatic carbocycles. The molecule has 0 aliphatic rings. The van der Waals surface area contributed by atoms with Crippen LogP contribution in [0.5, 0.6) is 0 Å². The molecule has 0 fully saturated rings. The fourth-order valence-electron chi connectivity index (χ4n) is 15.4. The van der Waals surface area contributed by atoms with Crippen molar-refractivity contribution in [3.63, 3.8) is 0 Å². The quantitative estimate of drug-likeness (QED) is 0.0101. The van der Waals surface area contributed by atoms with Crippen LogP contribution in [0.2, 0.25) is 15.1 Å². The number of H-pyrrole nitrogens is 3. The monoisotopic (exact) mass is 2040 g/mol. The third-order valence-electron chi connectivity index (χ3n) is 23.9. The van der Waals surface area contributed by atoms with Crippen LogP contribution in [0.4, 0.5) is 13.2 Å². The Balaban J connectivity index is 0.000000238. The number of rotatable bonds is 34. The molecule has 786 valence electrons. The second-order valence-corrected chi connectivity index (χ2v) is 44.7. The minimum atomic E-state index is -0.329. The van der Waals surface area contributed by atoms with E-state index in [9.17, 15) is 27.6 Å². The molecule has 28 nitrogen and oxygen atoms in total. The standard InChI is InChI=1S/2C22H31N7O.C21H29N7O.C15H23ClFNO.2C15H23ClFN/c1-22(2,3)18-12-16-14-29(21(30)27-19(16)26-18)17-8-6-15(7-9-17)13-28(4)11-5-10-25-20(23)24;1-14(25-10-5-11-26-20(23)24)15-6-8-17(9-7-15)29-13-16-12-18(22(2,3)4)27-19(16)28-21(29)30;1-21(2,3)17-11-15-13-28(20(29)27-18(15)26-17)16-7-5-14(6-8-16)12-24-9-4-10-25-19(22)23;1-15(2,3)12-7-10(8-13(16)14(12)17)5-4-6-11(18)9-19;2*1-10(18)6-5-7-11-8-12(15(2,3)4)14(17)13(16)9-11/h6-9,12,14H,5,10-11,13H2,1-4H3,(H4,23,24,25)(H,26,27,30);6-9,12-14,25H,5,10-11H2,1-4H3,(H4,23,24,26)(H,27,28,30);5-8,11,13,24H,4,9-10,12H2,1-3H3,(H4,22,23,25)(H,26,27,29);7-8,11,19H,4-6,9,18H2,1-3H3;2*8-10H,5-7,18H2,1-4H3/t;14-;;11-;2*10-/m.0.100/s1. The Hall–Kier alpha value is -11.2. The maximum Gasteiger partial charge on any atom is 0.354 e. The molecule has 0 saturated heterocycles. The lowest BCUT2D eigenvalue weighted by atomic mass is 9.85. The SMILES string of the molecule is CC(C)(C)c1cc(CCC[C@@H](N)CO)cc(Cl)c1F.CC(C)(C)c1cc2cn(-c3ccc(CNCCCN=C(N)N)cc3)c(=O)nc2[nH]1.CN(CCCN=C(N)N)Cc1ccc(-n2cc3cc(C(C)(C)C)[nH]c3nc2=O)cc1.C[C@H](N)CCCc1cc(Cl)c(F)c(C(C)(C)C)c1.C[C@H](N)CCCc1cc(Cl)c(F)c(C(C)(C)C)c1.C[C@H](NCCCN=C(N)N)c1ccc(-n2cc3cc(C(C)(C)C)[nH]c3nc2=O)cc1. The third kappa shape index (κ3) is 38.6. The Bertz CT molecular complexity index is 6310. The first-order chi connectivity index (χ1) is 67.2. The number of aryl methyl sites for hydroxylation is 3. The lowest BCUT2D eigenvalue weighted by molar-refractivity contribution is 0.258. The second kappa shape index (κ2) is 54.3. The van der Waals surface area contributed by atoms with E-state index in [0.29, 0.717) is 53.3 Å². The van der Waals surface area contributed by atoms with Gasteiger partial charge >= 0.3 is 17.1 Å². The topological polar surface area (TPSA) is 471 Å². The molecule has 6 aromatic heterocycles. The average molecular weight is 2050 g/mol. The molecule has 12 aromatic rings. The van der Waals surface area contributed by atoms with Gasteiger partial charge in [0.15, 0.2) is 17.9 Å². The summed E-state index contributed by atoms with van der Waals surface area (Å²) in [4.78, 5) is 74.2. The molecular formula is C110H160Cl3F3N24O4. The number of guanidine groups is 3. The Morgan fingerprint density at radius 2 is 0.736 bits per heavy atom. The van der Waals surface area contributed by atoms with Gasteiger partial charge in [0.2, 0.25) is 0 Å². The highest BCUT2D eigenvalue weighted by atomic mass is 35.5. The minimum Gasteiger partial charge on any atom is -0.395 e. The van der Waals surface area contributed by atoms with Crippen LogP contribution in [0.3, 0.4) is 0 Å². The summed E-state index contributed by atoms with van der Waals surface area (Å²) in [6.07, 6.45) is 16.3. The summed E-state index contributed by atoms with van der Waals surface area (Å²) < 4.78 is 46.7. The first-order valence-electron chi connectivity index (χ1n) is 49.5. The van der Waals surface area contributed by atoms with Crippen molar-refractivity contribution in [2.45, 2.75) is 292 Å². The zero-order chi connectivity index (χ0) is 107. The van der Waals surface area contributed by atoms with Crippen LogP contribution in [0, 0.1) is 17.5 Å². The summed E-state index contributed by atoms with van der Waals surface area (Å²) in [5.41, 5.74) is 63.3. The largest absolute Gasteiger partial charge is 0.395 e. The number of hydrogen-bond acceptors (Lipinski definition) is 16. The number of benzene rings is 6. The smallest absolute Gasteiger partial charge is 0.354 e. The molecule has 144 heavy (non-hydrogen) atoms. The van der Waals surface area contributed by atoms with Crippen molar-refractivity contribution >= 4 is 85.8 Å². The van der Waals surface area contributed by atoms with Gasteiger partial charge in [-0.05, 0) is 264 Å². The van der Waals surface area contributed by atoms with Crippen LogP contribution in [0.1, 0.15) is 276 Å². The molecule has 0 unspecified atom stereocenters. The van der Waals surface area contributed by atoms with Gasteiger partial charge in [0.25, 0.3) is 0 Å². The summed E-state index contributed by atoms with van der Waals surface area (Å²) >= 11 is 17.9. The number of aliphatic imine (C=N–C) groups is 3. The fraction of sp³-hybridized carbons (Fsp3) is 0.482. The molecular weight excluding hydrogens is 1880 g/mol. The van der Waals surface area contributed by atoms with Gasteiger partial charge < -0.3 is 87.2 Å². The van der Waals surface area contributed by atoms with E-state index in [2.05, 4.69) is 155 Å². The zero-order valence-corrected chi connectivity index (χ0v) is 90.9. The molecule has 0 aliphatic carbocycles. The van der Waals surface area contributed by atoms with Crippen molar-refractivity contribution in [2.24, 2.45) is 66.6 Å². The number of aromatic amines is 3. The molecule has 34 heteroatoms. The van der Waals surface area contributed by atoms with Crippen molar-refractivity contribution < 1.29 is 18.3 Å². The first kappa shape index (κ1) is 120. The van der Waals surface area contributed by atoms with Gasteiger partial charge in [-0.2, -0.15) is 15.0 Å². The summed E-state index contributed by atoms with van der Waals surface area (Å²) in [5.74, 6) is -0.538. The van der Waals surface area contributed by atoms with Crippen LogP contribution in [0.15, 0.2) is 175 Å². The number of nitrogens with zero attached hydrogens (tertiary/aromatic N) is 10. The molecule has 0 radical (unpaired) electrons. The van der Waals surface area contributed by atoms with E-state index >= 15 is 0 Å². The van der Waals surface area contributed by atoms with Gasteiger partial charge in [0.05, 0.1) is 38.7 Å². The number of halogens is 6. The molecule has 4 atom stereocenters. The highest BCUT2D eigenvalue weighted by Crippen LogP contribution is 2.36. The van der Waals surface area contributed by atoms with Crippen LogP contribution in [-0.2, 0) is 64.8 Å². The molecule has 0 amide bonds. The second-order valence-electron chi connectivity index (χ2n) is 43.5. The van der Waals surface area contributed by atoms with Gasteiger partial charge in [-0.3, -0.25) is 28.7 Å². The molecule has 6 heterocycles. The summed E-state index contributed by atoms with van der Waals surface area (Å²) in [6, 6.07) is 41.3. The van der Waals surface area contributed by atoms with Gasteiger partial charge in [0.1, 0.15) is 34.4 Å². The Morgan fingerprint density at radius 3 is 1.05 bits per heavy atom. The van der Waals surface area contributed by atoms with E-state index in [1.807, 2.05) is 186 Å². The van der Waals surface area contributed by atoms with Crippen molar-refractivity contribution in [1.29, 1.82) is 0 Å². The molecule has 24 N–H and O–H groups in total. The lowest BCUT2D eigenvalue weighted by Crippen LogP contribution is -2.24. The zero-order valence-electron chi connectivity index (χ0n) is 88.6. The Labute approximate surface area is 863 Å². The maximum atomic E-state index is 14.0. The Morgan fingerprint density at radius 1 is 0.424 bits per heavy atom. The van der Waals surface area contributed by atoms with Crippen LogP contribution < -0.4 is 79.3 Å². The van der Waals surface area contributed by atoms with Crippen molar-refractivity contribution in [3.8, 4) is 17.1 Å². The van der Waals surface area contributed by atoms with Crippen LogP contribution >= 0.6 is 34.8 Å². The number of nitrogens with one attached hydrogen (secondary N) is 5. The van der Waals surface area contributed by atoms with Gasteiger partial charge in [-0.15, -0.1) is 0 Å². The van der Waals surface area contributed by atoms with Crippen LogP contribution in [0.25, 0.3) is 50.2 Å². The van der Waals surface area contributed by atoms with E-state index in [0.717, 1.165) is 188 Å². The summed E-state index contributed by atoms with van der Waals surface area (Å²) in [5, 5.41) is 19.0. The van der Waals surface area contributed by atoms with E-state index in [4.69, 9.17) is 91.5 Å². The number of aliphatic hydroxyl groups is 1. The van der Waals surface area contributed by atoms with Gasteiger partial charge in [0, 0.05) is 125 Å². The van der Waals surface area contributed by atoms with Gasteiger partial charge in [-0.25, -0.2) is 27.6 Å². The normalized spacial score (nSPS) is 12.7. The maximum absolute atomic E-state index is 14.0. The Kier molecular flexibility index (Phi) is 45.1. The minimum absolute atomic E-state index is 0.00256.